The Morgan fingerprint density at radius 3 is 2.46 bits per heavy atom. The zero-order valence-electron chi connectivity index (χ0n) is 14.8. The molecule has 3 heteroatoms. The van der Waals surface area contributed by atoms with Crippen molar-refractivity contribution >= 4 is 17.6 Å². The molecule has 2 aromatic rings. The van der Waals surface area contributed by atoms with Crippen molar-refractivity contribution in [1.82, 2.24) is 0 Å². The van der Waals surface area contributed by atoms with Gasteiger partial charge in [-0.3, -0.25) is 4.99 Å². The summed E-state index contributed by atoms with van der Waals surface area (Å²) < 4.78 is 5.45. The lowest BCUT2D eigenvalue weighted by atomic mass is 9.84. The number of benzene rings is 2. The van der Waals surface area contributed by atoms with E-state index in [-0.39, 0.29) is 5.41 Å². The first-order valence-corrected chi connectivity index (χ1v) is 8.35. The molecule has 0 saturated heterocycles. The lowest BCUT2D eigenvalue weighted by molar-refractivity contribution is 0.340. The second kappa shape index (κ2) is 6.52. The number of aliphatic imine (C=N–C) groups is 1. The summed E-state index contributed by atoms with van der Waals surface area (Å²) in [5.74, 6) is 0.877. The lowest BCUT2D eigenvalue weighted by Crippen LogP contribution is -2.22. The first kappa shape index (κ1) is 16.3. The number of hydrogen-bond donors (Lipinski definition) is 0. The Morgan fingerprint density at radius 2 is 1.79 bits per heavy atom. The maximum atomic E-state index is 5.45. The number of fused-ring (bicyclic) bond motifs is 1. The van der Waals surface area contributed by atoms with E-state index < -0.39 is 0 Å². The normalized spacial score (nSPS) is 17.5. The van der Waals surface area contributed by atoms with E-state index in [9.17, 15) is 0 Å². The van der Waals surface area contributed by atoms with E-state index in [4.69, 9.17) is 4.74 Å². The molecule has 0 N–H and O–H groups in total. The second-order valence-corrected chi connectivity index (χ2v) is 6.46. The van der Waals surface area contributed by atoms with Gasteiger partial charge in [-0.2, -0.15) is 0 Å². The van der Waals surface area contributed by atoms with Crippen LogP contribution in [-0.2, 0) is 5.41 Å². The fourth-order valence-electron chi connectivity index (χ4n) is 3.29. The van der Waals surface area contributed by atoms with Crippen molar-refractivity contribution in [3.8, 4) is 5.75 Å². The Kier molecular flexibility index (Phi) is 4.43. The molecule has 0 atom stereocenters. The monoisotopic (exact) mass is 320 g/mol. The van der Waals surface area contributed by atoms with Crippen molar-refractivity contribution in [2.45, 2.75) is 26.2 Å². The fraction of sp³-hybridized carbons (Fsp3) is 0.286. The highest BCUT2D eigenvalue weighted by Crippen LogP contribution is 2.46. The molecular formula is C21H24N2O. The van der Waals surface area contributed by atoms with E-state index in [1.807, 2.05) is 37.4 Å². The minimum absolute atomic E-state index is 0.0177. The van der Waals surface area contributed by atoms with Crippen LogP contribution in [0.15, 0.2) is 65.3 Å². The fourth-order valence-corrected chi connectivity index (χ4v) is 3.29. The molecule has 2 aromatic carbocycles. The molecular weight excluding hydrogens is 296 g/mol. The SMILES string of the molecule is CCOc1ccc(N=C/C=C2/N(C)c3ccccc3C2(C)C)cc1. The summed E-state index contributed by atoms with van der Waals surface area (Å²) in [4.78, 5) is 6.80. The predicted molar refractivity (Wildman–Crippen MR) is 102 cm³/mol. The Labute approximate surface area is 144 Å². The molecule has 3 nitrogen and oxygen atoms in total. The van der Waals surface area contributed by atoms with Gasteiger partial charge in [0.2, 0.25) is 0 Å². The molecule has 124 valence electrons. The van der Waals surface area contributed by atoms with Crippen molar-refractivity contribution in [2.24, 2.45) is 4.99 Å². The van der Waals surface area contributed by atoms with Gasteiger partial charge >= 0.3 is 0 Å². The number of nitrogens with zero attached hydrogens (tertiary/aromatic N) is 2. The minimum Gasteiger partial charge on any atom is -0.494 e. The van der Waals surface area contributed by atoms with Crippen LogP contribution < -0.4 is 9.64 Å². The third-order valence-electron chi connectivity index (χ3n) is 4.54. The molecule has 0 aromatic heterocycles. The molecule has 0 amide bonds. The zero-order chi connectivity index (χ0) is 17.2. The quantitative estimate of drug-likeness (QED) is 0.732. The van der Waals surface area contributed by atoms with Gasteiger partial charge < -0.3 is 9.64 Å². The van der Waals surface area contributed by atoms with E-state index in [1.165, 1.54) is 16.9 Å². The van der Waals surface area contributed by atoms with Crippen molar-refractivity contribution in [3.63, 3.8) is 0 Å². The molecule has 0 fully saturated rings. The van der Waals surface area contributed by atoms with Gasteiger partial charge in [0, 0.05) is 30.1 Å². The van der Waals surface area contributed by atoms with Gasteiger partial charge in [-0.1, -0.05) is 32.0 Å². The van der Waals surface area contributed by atoms with Gasteiger partial charge in [0.1, 0.15) is 5.75 Å². The third kappa shape index (κ3) is 2.94. The number of ether oxygens (including phenoxy) is 1. The second-order valence-electron chi connectivity index (χ2n) is 6.46. The van der Waals surface area contributed by atoms with E-state index in [2.05, 4.69) is 61.1 Å². The van der Waals surface area contributed by atoms with E-state index in [1.54, 1.807) is 0 Å². The van der Waals surface area contributed by atoms with Crippen molar-refractivity contribution in [1.29, 1.82) is 0 Å². The Hall–Kier alpha value is -2.55. The van der Waals surface area contributed by atoms with Gasteiger partial charge in [-0.05, 0) is 48.9 Å². The number of para-hydroxylation sites is 1. The summed E-state index contributed by atoms with van der Waals surface area (Å²) >= 11 is 0. The molecule has 0 aliphatic carbocycles. The molecule has 0 bridgehead atoms. The molecule has 0 saturated carbocycles. The van der Waals surface area contributed by atoms with Crippen LogP contribution in [0.2, 0.25) is 0 Å². The molecule has 3 rings (SSSR count). The largest absolute Gasteiger partial charge is 0.494 e. The summed E-state index contributed by atoms with van der Waals surface area (Å²) in [5.41, 5.74) is 4.78. The molecule has 0 radical (unpaired) electrons. The Bertz CT molecular complexity index is 773. The molecule has 1 heterocycles. The van der Waals surface area contributed by atoms with Crippen molar-refractivity contribution < 1.29 is 4.74 Å². The van der Waals surface area contributed by atoms with Gasteiger partial charge in [0.25, 0.3) is 0 Å². The van der Waals surface area contributed by atoms with Crippen LogP contribution in [0.25, 0.3) is 0 Å². The maximum Gasteiger partial charge on any atom is 0.119 e. The molecule has 0 unspecified atom stereocenters. The number of rotatable bonds is 4. The van der Waals surface area contributed by atoms with E-state index >= 15 is 0 Å². The Balaban J connectivity index is 1.82. The standard InChI is InChI=1S/C21H24N2O/c1-5-24-17-12-10-16(11-13-17)22-15-14-20-21(2,3)18-8-6-7-9-19(18)23(20)4/h6-15H,5H2,1-4H3/b20-14+,22-15?. The van der Waals surface area contributed by atoms with Crippen LogP contribution in [0.3, 0.4) is 0 Å². The smallest absolute Gasteiger partial charge is 0.119 e. The molecule has 1 aliphatic rings. The summed E-state index contributed by atoms with van der Waals surface area (Å²) in [6, 6.07) is 16.4. The lowest BCUT2D eigenvalue weighted by Gasteiger charge is -2.23. The van der Waals surface area contributed by atoms with Crippen LogP contribution in [0.4, 0.5) is 11.4 Å². The summed E-state index contributed by atoms with van der Waals surface area (Å²) in [5, 5.41) is 0. The van der Waals surface area contributed by atoms with Crippen LogP contribution in [0.1, 0.15) is 26.3 Å². The van der Waals surface area contributed by atoms with E-state index in [0.717, 1.165) is 11.4 Å². The van der Waals surface area contributed by atoms with Crippen LogP contribution in [0.5, 0.6) is 5.75 Å². The average Bonchev–Trinajstić information content (AvgIpc) is 2.78. The highest BCUT2D eigenvalue weighted by atomic mass is 16.5. The van der Waals surface area contributed by atoms with Crippen molar-refractivity contribution in [2.75, 3.05) is 18.6 Å². The summed E-state index contributed by atoms with van der Waals surface area (Å²) in [7, 11) is 2.12. The molecule has 24 heavy (non-hydrogen) atoms. The first-order valence-electron chi connectivity index (χ1n) is 8.35. The third-order valence-corrected chi connectivity index (χ3v) is 4.54. The van der Waals surface area contributed by atoms with Gasteiger partial charge in [-0.15, -0.1) is 0 Å². The highest BCUT2D eigenvalue weighted by molar-refractivity contribution is 5.80. The highest BCUT2D eigenvalue weighted by Gasteiger charge is 2.37. The summed E-state index contributed by atoms with van der Waals surface area (Å²) in [6.07, 6.45) is 3.99. The topological polar surface area (TPSA) is 24.8 Å². The Morgan fingerprint density at radius 1 is 1.08 bits per heavy atom. The zero-order valence-corrected chi connectivity index (χ0v) is 14.8. The number of anilines is 1. The number of allylic oxidation sites excluding steroid dienone is 2. The number of likely N-dealkylation sites (N-methyl/N-ethyl adjacent to an activating group) is 1. The van der Waals surface area contributed by atoms with Gasteiger partial charge in [-0.25, -0.2) is 0 Å². The average molecular weight is 320 g/mol. The van der Waals surface area contributed by atoms with Crippen LogP contribution >= 0.6 is 0 Å². The van der Waals surface area contributed by atoms with E-state index in [0.29, 0.717) is 6.61 Å². The van der Waals surface area contributed by atoms with Crippen LogP contribution in [-0.4, -0.2) is 19.9 Å². The minimum atomic E-state index is -0.0177. The first-order chi connectivity index (χ1) is 11.5. The number of hydrogen-bond acceptors (Lipinski definition) is 3. The van der Waals surface area contributed by atoms with Crippen molar-refractivity contribution in [3.05, 3.63) is 65.9 Å². The molecule has 0 spiro atoms. The summed E-state index contributed by atoms with van der Waals surface area (Å²) in [6.45, 7) is 7.17. The maximum absolute atomic E-state index is 5.45. The van der Waals surface area contributed by atoms with Gasteiger partial charge in [0.15, 0.2) is 0 Å². The van der Waals surface area contributed by atoms with Gasteiger partial charge in [0.05, 0.1) is 12.3 Å². The molecule has 1 aliphatic heterocycles. The predicted octanol–water partition coefficient (Wildman–Crippen LogP) is 5.10. The van der Waals surface area contributed by atoms with Crippen LogP contribution in [0, 0.1) is 0 Å².